The van der Waals surface area contributed by atoms with Crippen LogP contribution in [0.2, 0.25) is 0 Å². The predicted octanol–water partition coefficient (Wildman–Crippen LogP) is 3.72. The van der Waals surface area contributed by atoms with Crippen molar-refractivity contribution in [2.75, 3.05) is 0 Å². The molecule has 0 saturated heterocycles. The lowest BCUT2D eigenvalue weighted by molar-refractivity contribution is -0.152. The highest BCUT2D eigenvalue weighted by Gasteiger charge is 2.35. The lowest BCUT2D eigenvalue weighted by Crippen LogP contribution is -2.51. The van der Waals surface area contributed by atoms with Gasteiger partial charge < -0.3 is 10.5 Å². The van der Waals surface area contributed by atoms with E-state index in [-0.39, 0.29) is 12.5 Å². The zero-order valence-electron chi connectivity index (χ0n) is 14.9. The Bertz CT molecular complexity index is 727. The average molecular weight is 335 g/mol. The first-order chi connectivity index (χ1) is 12.0. The predicted molar refractivity (Wildman–Crippen MR) is 101 cm³/mol. The Morgan fingerprint density at radius 1 is 1.08 bits per heavy atom. The molecule has 0 aliphatic carbocycles. The van der Waals surface area contributed by atoms with Gasteiger partial charge in [0.25, 0.3) is 0 Å². The molecule has 3 nitrogen and oxygen atoms in total. The molecule has 2 rings (SSSR count). The van der Waals surface area contributed by atoms with Crippen molar-refractivity contribution in [1.82, 2.24) is 0 Å². The van der Waals surface area contributed by atoms with Gasteiger partial charge in [-0.25, -0.2) is 0 Å². The molecular weight excluding hydrogens is 310 g/mol. The Kier molecular flexibility index (Phi) is 6.80. The maximum absolute atomic E-state index is 12.3. The van der Waals surface area contributed by atoms with Crippen LogP contribution in [0.15, 0.2) is 60.7 Å². The topological polar surface area (TPSA) is 52.3 Å². The fraction of sp³-hybridized carbons (Fsp3) is 0.318. The van der Waals surface area contributed by atoms with Crippen LogP contribution in [0.1, 0.15) is 31.4 Å². The van der Waals surface area contributed by atoms with Crippen molar-refractivity contribution in [3.63, 3.8) is 0 Å². The molecule has 0 saturated carbocycles. The molecule has 0 aromatic heterocycles. The molecule has 0 amide bonds. The summed E-state index contributed by atoms with van der Waals surface area (Å²) in [5, 5.41) is 0. The normalized spacial score (nSPS) is 13.9. The Morgan fingerprint density at radius 3 is 2.24 bits per heavy atom. The summed E-state index contributed by atoms with van der Waals surface area (Å²) in [6, 6.07) is 19.8. The Balaban J connectivity index is 1.85. The monoisotopic (exact) mass is 335 g/mol. The van der Waals surface area contributed by atoms with E-state index >= 15 is 0 Å². The molecule has 0 radical (unpaired) electrons. The van der Waals surface area contributed by atoms with Crippen molar-refractivity contribution < 1.29 is 9.53 Å². The van der Waals surface area contributed by atoms with Crippen LogP contribution in [0, 0.1) is 17.8 Å². The van der Waals surface area contributed by atoms with Crippen LogP contribution in [0.3, 0.4) is 0 Å². The molecule has 0 heterocycles. The van der Waals surface area contributed by atoms with E-state index in [4.69, 9.17) is 10.5 Å². The van der Waals surface area contributed by atoms with Crippen molar-refractivity contribution >= 4 is 5.97 Å². The average Bonchev–Trinajstić information content (AvgIpc) is 2.64. The fourth-order valence-electron chi connectivity index (χ4n) is 2.28. The highest BCUT2D eigenvalue weighted by Crippen LogP contribution is 2.16. The lowest BCUT2D eigenvalue weighted by Gasteiger charge is -2.25. The number of rotatable bonds is 6. The second-order valence-electron chi connectivity index (χ2n) is 6.37. The summed E-state index contributed by atoms with van der Waals surface area (Å²) in [4.78, 5) is 12.3. The van der Waals surface area contributed by atoms with Crippen LogP contribution in [0.25, 0.3) is 0 Å². The first-order valence-corrected chi connectivity index (χ1v) is 8.52. The molecule has 0 aliphatic heterocycles. The van der Waals surface area contributed by atoms with Gasteiger partial charge in [0.1, 0.15) is 12.1 Å². The largest absolute Gasteiger partial charge is 0.459 e. The lowest BCUT2D eigenvalue weighted by atomic mass is 9.88. The number of hydrogen-bond acceptors (Lipinski definition) is 3. The summed E-state index contributed by atoms with van der Waals surface area (Å²) in [6.07, 6.45) is 1.63. The molecule has 0 fully saturated rings. The van der Waals surface area contributed by atoms with Gasteiger partial charge in [0.2, 0.25) is 0 Å². The van der Waals surface area contributed by atoms with Crippen LogP contribution in [0.5, 0.6) is 0 Å². The van der Waals surface area contributed by atoms with Gasteiger partial charge in [-0.1, -0.05) is 66.6 Å². The number of nitrogens with two attached hydrogens (primary N) is 1. The minimum absolute atomic E-state index is 0.223. The maximum atomic E-state index is 12.3. The first-order valence-electron chi connectivity index (χ1n) is 8.52. The SMILES string of the molecule is C[C@H](C#CCCc1ccccc1)[C@](C)(N)C(=O)OCc1ccccc1. The van der Waals surface area contributed by atoms with Gasteiger partial charge in [-0.3, -0.25) is 4.79 Å². The van der Waals surface area contributed by atoms with Crippen molar-refractivity contribution in [3.8, 4) is 11.8 Å². The molecule has 0 aliphatic rings. The standard InChI is InChI=1S/C22H25NO2/c1-18(11-9-10-14-19-12-5-3-6-13-19)22(2,23)21(24)25-17-20-15-7-4-8-16-20/h3-8,12-13,15-16,18H,10,14,17,23H2,1-2H3/t18-,22+/m1/s1. The molecular formula is C22H25NO2. The van der Waals surface area contributed by atoms with E-state index in [1.54, 1.807) is 6.92 Å². The number of benzene rings is 2. The molecule has 0 spiro atoms. The number of ether oxygens (including phenoxy) is 1. The second-order valence-corrected chi connectivity index (χ2v) is 6.37. The third-order valence-corrected chi connectivity index (χ3v) is 4.25. The zero-order valence-corrected chi connectivity index (χ0v) is 14.9. The summed E-state index contributed by atoms with van der Waals surface area (Å²) < 4.78 is 5.36. The van der Waals surface area contributed by atoms with Gasteiger partial charge in [0.15, 0.2) is 0 Å². The van der Waals surface area contributed by atoms with Crippen LogP contribution in [-0.4, -0.2) is 11.5 Å². The highest BCUT2D eigenvalue weighted by molar-refractivity contribution is 5.81. The van der Waals surface area contributed by atoms with Gasteiger partial charge in [0.05, 0.1) is 0 Å². The maximum Gasteiger partial charge on any atom is 0.327 e. The van der Waals surface area contributed by atoms with Crippen molar-refractivity contribution in [2.45, 2.75) is 38.8 Å². The molecule has 2 aromatic carbocycles. The molecule has 2 atom stereocenters. The van der Waals surface area contributed by atoms with Crippen molar-refractivity contribution in [2.24, 2.45) is 11.7 Å². The number of aryl methyl sites for hydroxylation is 1. The van der Waals surface area contributed by atoms with E-state index in [0.717, 1.165) is 18.4 Å². The second kappa shape index (κ2) is 9.05. The van der Waals surface area contributed by atoms with E-state index in [9.17, 15) is 4.79 Å². The minimum atomic E-state index is -1.13. The highest BCUT2D eigenvalue weighted by atomic mass is 16.5. The molecule has 2 aromatic rings. The Morgan fingerprint density at radius 2 is 1.64 bits per heavy atom. The van der Waals surface area contributed by atoms with E-state index in [1.807, 2.05) is 55.5 Å². The van der Waals surface area contributed by atoms with Gasteiger partial charge >= 0.3 is 5.97 Å². The third kappa shape index (κ3) is 5.77. The summed E-state index contributed by atoms with van der Waals surface area (Å²) >= 11 is 0. The fourth-order valence-corrected chi connectivity index (χ4v) is 2.28. The summed E-state index contributed by atoms with van der Waals surface area (Å²) in [5.41, 5.74) is 7.24. The quantitative estimate of drug-likeness (QED) is 0.646. The van der Waals surface area contributed by atoms with Gasteiger partial charge in [-0.15, -0.1) is 5.92 Å². The molecule has 2 N–H and O–H groups in total. The van der Waals surface area contributed by atoms with Gasteiger partial charge in [0, 0.05) is 12.3 Å². The molecule has 25 heavy (non-hydrogen) atoms. The summed E-state index contributed by atoms with van der Waals surface area (Å²) in [5.74, 6) is 5.51. The van der Waals surface area contributed by atoms with Crippen LogP contribution in [-0.2, 0) is 22.6 Å². The number of hydrogen-bond donors (Lipinski definition) is 1. The zero-order chi connectivity index (χ0) is 18.1. The van der Waals surface area contributed by atoms with Gasteiger partial charge in [-0.05, 0) is 31.4 Å². The first kappa shape index (κ1) is 18.8. The van der Waals surface area contributed by atoms with E-state index in [0.29, 0.717) is 0 Å². The number of esters is 1. The van der Waals surface area contributed by atoms with E-state index < -0.39 is 11.5 Å². The van der Waals surface area contributed by atoms with Gasteiger partial charge in [-0.2, -0.15) is 0 Å². The van der Waals surface area contributed by atoms with Crippen LogP contribution in [0.4, 0.5) is 0 Å². The van der Waals surface area contributed by atoms with Crippen molar-refractivity contribution in [3.05, 3.63) is 71.8 Å². The van der Waals surface area contributed by atoms with E-state index in [1.165, 1.54) is 5.56 Å². The molecule has 3 heteroatoms. The van der Waals surface area contributed by atoms with E-state index in [2.05, 4.69) is 24.0 Å². The molecule has 130 valence electrons. The summed E-state index contributed by atoms with van der Waals surface area (Å²) in [7, 11) is 0. The molecule has 0 unspecified atom stereocenters. The molecule has 0 bridgehead atoms. The minimum Gasteiger partial charge on any atom is -0.459 e. The Hall–Kier alpha value is -2.57. The van der Waals surface area contributed by atoms with Crippen molar-refractivity contribution in [1.29, 1.82) is 0 Å². The third-order valence-electron chi connectivity index (χ3n) is 4.25. The number of carbonyl (C=O) groups is 1. The Labute approximate surface area is 150 Å². The smallest absolute Gasteiger partial charge is 0.327 e. The van der Waals surface area contributed by atoms with Crippen LogP contribution < -0.4 is 5.73 Å². The number of carbonyl (C=O) groups excluding carboxylic acids is 1. The summed E-state index contributed by atoms with van der Waals surface area (Å²) in [6.45, 7) is 3.76. The van der Waals surface area contributed by atoms with Crippen LogP contribution >= 0.6 is 0 Å².